The van der Waals surface area contributed by atoms with Gasteiger partial charge in [0.1, 0.15) is 5.75 Å². The summed E-state index contributed by atoms with van der Waals surface area (Å²) in [6.45, 7) is 2.48. The Hall–Kier alpha value is -1.71. The van der Waals surface area contributed by atoms with E-state index >= 15 is 0 Å². The monoisotopic (exact) mass is 316 g/mol. The van der Waals surface area contributed by atoms with Crippen LogP contribution in [0.4, 0.5) is 4.79 Å². The van der Waals surface area contributed by atoms with Crippen molar-refractivity contribution in [1.82, 2.24) is 10.2 Å². The molecule has 0 spiro atoms. The predicted molar refractivity (Wildman–Crippen MR) is 91.6 cm³/mol. The first-order valence-corrected chi connectivity index (χ1v) is 9.04. The van der Waals surface area contributed by atoms with E-state index in [4.69, 9.17) is 4.74 Å². The Morgan fingerprint density at radius 1 is 1.13 bits per heavy atom. The lowest BCUT2D eigenvalue weighted by atomic mass is 9.96. The number of urea groups is 1. The molecule has 1 aromatic rings. The summed E-state index contributed by atoms with van der Waals surface area (Å²) in [5.41, 5.74) is 0. The summed E-state index contributed by atoms with van der Waals surface area (Å²) in [6, 6.07) is 10.5. The maximum Gasteiger partial charge on any atom is 0.317 e. The van der Waals surface area contributed by atoms with Crippen molar-refractivity contribution in [2.45, 2.75) is 51.0 Å². The summed E-state index contributed by atoms with van der Waals surface area (Å²) in [6.07, 6.45) is 8.23. The van der Waals surface area contributed by atoms with Crippen LogP contribution in [-0.4, -0.2) is 36.7 Å². The van der Waals surface area contributed by atoms with E-state index in [-0.39, 0.29) is 6.03 Å². The van der Waals surface area contributed by atoms with Crippen molar-refractivity contribution >= 4 is 6.03 Å². The van der Waals surface area contributed by atoms with Gasteiger partial charge in [-0.1, -0.05) is 37.5 Å². The number of ether oxygens (including phenoxy) is 1. The van der Waals surface area contributed by atoms with Crippen LogP contribution in [0.15, 0.2) is 30.3 Å². The van der Waals surface area contributed by atoms with E-state index in [0.717, 1.165) is 51.1 Å². The molecule has 0 bridgehead atoms. The van der Waals surface area contributed by atoms with Gasteiger partial charge in [0.25, 0.3) is 0 Å². The highest BCUT2D eigenvalue weighted by Gasteiger charge is 2.27. The van der Waals surface area contributed by atoms with Crippen LogP contribution >= 0.6 is 0 Å². The topological polar surface area (TPSA) is 41.6 Å². The standard InChI is InChI=1S/C19H28N2O2/c22-19(20-17-7-3-1-4-8-17)21-13-11-16(15-21)12-14-23-18-9-5-2-6-10-18/h2,5-6,9-10,16-17H,1,3-4,7-8,11-15H2,(H,20,22). The number of rotatable bonds is 5. The molecular weight excluding hydrogens is 288 g/mol. The van der Waals surface area contributed by atoms with Crippen LogP contribution in [-0.2, 0) is 0 Å². The second kappa shape index (κ2) is 8.23. The number of carbonyl (C=O) groups excluding carboxylic acids is 1. The van der Waals surface area contributed by atoms with E-state index in [9.17, 15) is 4.79 Å². The van der Waals surface area contributed by atoms with Gasteiger partial charge in [-0.3, -0.25) is 0 Å². The molecule has 1 atom stereocenters. The average Bonchev–Trinajstić information content (AvgIpc) is 3.06. The molecule has 1 unspecified atom stereocenters. The number of carbonyl (C=O) groups is 1. The van der Waals surface area contributed by atoms with Gasteiger partial charge in [0.2, 0.25) is 0 Å². The minimum Gasteiger partial charge on any atom is -0.494 e. The van der Waals surface area contributed by atoms with E-state index in [0.29, 0.717) is 12.0 Å². The van der Waals surface area contributed by atoms with Crippen molar-refractivity contribution in [2.75, 3.05) is 19.7 Å². The number of hydrogen-bond acceptors (Lipinski definition) is 2. The second-order valence-electron chi connectivity index (χ2n) is 6.84. The molecule has 1 aromatic carbocycles. The van der Waals surface area contributed by atoms with Crippen molar-refractivity contribution < 1.29 is 9.53 Å². The molecule has 1 heterocycles. The number of nitrogens with zero attached hydrogens (tertiary/aromatic N) is 1. The van der Waals surface area contributed by atoms with Crippen LogP contribution in [0.3, 0.4) is 0 Å². The summed E-state index contributed by atoms with van der Waals surface area (Å²) in [7, 11) is 0. The number of para-hydroxylation sites is 1. The summed E-state index contributed by atoms with van der Waals surface area (Å²) < 4.78 is 5.77. The number of nitrogens with one attached hydrogen (secondary N) is 1. The Balaban J connectivity index is 1.35. The average molecular weight is 316 g/mol. The fourth-order valence-corrected chi connectivity index (χ4v) is 3.63. The van der Waals surface area contributed by atoms with Crippen LogP contribution in [0.1, 0.15) is 44.9 Å². The van der Waals surface area contributed by atoms with Gasteiger partial charge in [-0.05, 0) is 43.7 Å². The van der Waals surface area contributed by atoms with Gasteiger partial charge < -0.3 is 15.0 Å². The quantitative estimate of drug-likeness (QED) is 0.897. The predicted octanol–water partition coefficient (Wildman–Crippen LogP) is 3.82. The smallest absolute Gasteiger partial charge is 0.317 e. The normalized spacial score (nSPS) is 22.1. The molecule has 4 heteroatoms. The minimum atomic E-state index is 0.142. The molecule has 0 radical (unpaired) electrons. The van der Waals surface area contributed by atoms with E-state index in [1.807, 2.05) is 35.2 Å². The van der Waals surface area contributed by atoms with Crippen molar-refractivity contribution in [1.29, 1.82) is 0 Å². The lowest BCUT2D eigenvalue weighted by Crippen LogP contribution is -2.44. The molecule has 1 saturated heterocycles. The highest BCUT2D eigenvalue weighted by molar-refractivity contribution is 5.74. The molecule has 3 rings (SSSR count). The minimum absolute atomic E-state index is 0.142. The molecule has 0 aromatic heterocycles. The maximum atomic E-state index is 12.3. The van der Waals surface area contributed by atoms with Gasteiger partial charge >= 0.3 is 6.03 Å². The first-order chi connectivity index (χ1) is 11.3. The molecule has 1 saturated carbocycles. The third-order valence-electron chi connectivity index (χ3n) is 5.04. The Kier molecular flexibility index (Phi) is 5.78. The van der Waals surface area contributed by atoms with Crippen LogP contribution in [0.5, 0.6) is 5.75 Å². The zero-order chi connectivity index (χ0) is 15.9. The highest BCUT2D eigenvalue weighted by Crippen LogP contribution is 2.22. The van der Waals surface area contributed by atoms with Crippen LogP contribution in [0.25, 0.3) is 0 Å². The molecule has 2 aliphatic rings. The molecule has 1 aliphatic carbocycles. The number of likely N-dealkylation sites (tertiary alicyclic amines) is 1. The van der Waals surface area contributed by atoms with Gasteiger partial charge in [-0.25, -0.2) is 4.79 Å². The van der Waals surface area contributed by atoms with E-state index in [1.165, 1.54) is 19.3 Å². The van der Waals surface area contributed by atoms with Crippen molar-refractivity contribution in [3.8, 4) is 5.75 Å². The van der Waals surface area contributed by atoms with Gasteiger partial charge in [0.15, 0.2) is 0 Å². The first kappa shape index (κ1) is 16.2. The van der Waals surface area contributed by atoms with Gasteiger partial charge in [-0.15, -0.1) is 0 Å². The molecule has 2 fully saturated rings. The van der Waals surface area contributed by atoms with Crippen molar-refractivity contribution in [2.24, 2.45) is 5.92 Å². The van der Waals surface area contributed by atoms with Crippen molar-refractivity contribution in [3.05, 3.63) is 30.3 Å². The summed E-state index contributed by atoms with van der Waals surface area (Å²) in [5.74, 6) is 1.49. The Morgan fingerprint density at radius 3 is 2.70 bits per heavy atom. The number of hydrogen-bond donors (Lipinski definition) is 1. The maximum absolute atomic E-state index is 12.3. The Labute approximate surface area is 139 Å². The summed E-state index contributed by atoms with van der Waals surface area (Å²) >= 11 is 0. The third-order valence-corrected chi connectivity index (χ3v) is 5.04. The zero-order valence-corrected chi connectivity index (χ0v) is 13.9. The molecule has 1 aliphatic heterocycles. The molecule has 2 amide bonds. The van der Waals surface area contributed by atoms with Gasteiger partial charge in [0, 0.05) is 19.1 Å². The molecule has 1 N–H and O–H groups in total. The molecular formula is C19H28N2O2. The molecule has 4 nitrogen and oxygen atoms in total. The first-order valence-electron chi connectivity index (χ1n) is 9.04. The van der Waals surface area contributed by atoms with Crippen LogP contribution < -0.4 is 10.1 Å². The summed E-state index contributed by atoms with van der Waals surface area (Å²) in [5, 5.41) is 3.22. The fourth-order valence-electron chi connectivity index (χ4n) is 3.63. The van der Waals surface area contributed by atoms with Gasteiger partial charge in [0.05, 0.1) is 6.61 Å². The number of amides is 2. The lowest BCUT2D eigenvalue weighted by Gasteiger charge is -2.26. The van der Waals surface area contributed by atoms with E-state index in [2.05, 4.69) is 5.32 Å². The molecule has 23 heavy (non-hydrogen) atoms. The van der Waals surface area contributed by atoms with Crippen LogP contribution in [0.2, 0.25) is 0 Å². The highest BCUT2D eigenvalue weighted by atomic mass is 16.5. The third kappa shape index (κ3) is 4.88. The molecule has 126 valence electrons. The second-order valence-corrected chi connectivity index (χ2v) is 6.84. The number of benzene rings is 1. The Bertz CT molecular complexity index is 485. The van der Waals surface area contributed by atoms with Crippen LogP contribution in [0, 0.1) is 5.92 Å². The van der Waals surface area contributed by atoms with Gasteiger partial charge in [-0.2, -0.15) is 0 Å². The zero-order valence-electron chi connectivity index (χ0n) is 13.9. The fraction of sp³-hybridized carbons (Fsp3) is 0.632. The lowest BCUT2D eigenvalue weighted by molar-refractivity contribution is 0.197. The largest absolute Gasteiger partial charge is 0.494 e. The SMILES string of the molecule is O=C(NC1CCCCC1)N1CCC(CCOc2ccccc2)C1. The Morgan fingerprint density at radius 2 is 1.91 bits per heavy atom. The van der Waals surface area contributed by atoms with E-state index in [1.54, 1.807) is 0 Å². The summed E-state index contributed by atoms with van der Waals surface area (Å²) in [4.78, 5) is 14.3. The van der Waals surface area contributed by atoms with E-state index < -0.39 is 0 Å². The van der Waals surface area contributed by atoms with Crippen molar-refractivity contribution in [3.63, 3.8) is 0 Å².